The molecule has 3 heteroatoms. The number of rotatable bonds is 3. The Bertz CT molecular complexity index is 555. The summed E-state index contributed by atoms with van der Waals surface area (Å²) in [7, 11) is 0. The molecule has 0 unspecified atom stereocenters. The van der Waals surface area contributed by atoms with Crippen LogP contribution in [0.5, 0.6) is 0 Å². The summed E-state index contributed by atoms with van der Waals surface area (Å²) in [5.74, 6) is 0. The van der Waals surface area contributed by atoms with Crippen LogP contribution in [0.15, 0.2) is 48.5 Å². The van der Waals surface area contributed by atoms with Crippen LogP contribution in [-0.4, -0.2) is 5.11 Å². The van der Waals surface area contributed by atoms with Crippen molar-refractivity contribution in [2.45, 2.75) is 12.8 Å². The number of alkyl halides is 1. The quantitative estimate of drug-likeness (QED) is 0.897. The van der Waals surface area contributed by atoms with Crippen molar-refractivity contribution < 1.29 is 9.50 Å². The highest BCUT2D eigenvalue weighted by Crippen LogP contribution is 2.22. The van der Waals surface area contributed by atoms with Gasteiger partial charge in [-0.15, -0.1) is 0 Å². The zero-order valence-corrected chi connectivity index (χ0v) is 9.68. The van der Waals surface area contributed by atoms with Crippen LogP contribution in [0.25, 0.3) is 0 Å². The summed E-state index contributed by atoms with van der Waals surface area (Å²) in [6.07, 6.45) is -0.758. The maximum absolute atomic E-state index is 12.4. The second-order valence-corrected chi connectivity index (χ2v) is 4.01. The molecule has 0 aromatic heterocycles. The lowest BCUT2D eigenvalue weighted by atomic mass is 10.00. The number of nitriles is 1. The molecule has 2 aromatic rings. The molecule has 0 heterocycles. The van der Waals surface area contributed by atoms with E-state index in [1.807, 2.05) is 6.07 Å². The van der Waals surface area contributed by atoms with Gasteiger partial charge in [0.15, 0.2) is 0 Å². The van der Waals surface area contributed by atoms with Crippen molar-refractivity contribution in [3.05, 3.63) is 70.8 Å². The first-order valence-electron chi connectivity index (χ1n) is 5.57. The number of nitrogens with zero attached hydrogens (tertiary/aromatic N) is 1. The minimum Gasteiger partial charge on any atom is -0.384 e. The van der Waals surface area contributed by atoms with E-state index in [1.165, 1.54) is 0 Å². The van der Waals surface area contributed by atoms with Gasteiger partial charge in [-0.25, -0.2) is 4.39 Å². The fourth-order valence-corrected chi connectivity index (χ4v) is 1.72. The largest absolute Gasteiger partial charge is 0.384 e. The van der Waals surface area contributed by atoms with Crippen molar-refractivity contribution >= 4 is 0 Å². The van der Waals surface area contributed by atoms with Crippen LogP contribution in [0.2, 0.25) is 0 Å². The number of aliphatic hydroxyl groups is 1. The lowest BCUT2D eigenvalue weighted by Gasteiger charge is -2.11. The standard InChI is InChI=1S/C15H12FNO/c16-9-11-1-5-13(6-2-11)15(18)14-7-3-12(10-17)4-8-14/h1-8,15,18H,9H2/t15-/m0/s1. The summed E-state index contributed by atoms with van der Waals surface area (Å²) in [5, 5.41) is 18.8. The molecule has 1 atom stereocenters. The van der Waals surface area contributed by atoms with Gasteiger partial charge in [-0.05, 0) is 28.8 Å². The zero-order valence-electron chi connectivity index (χ0n) is 9.68. The van der Waals surface area contributed by atoms with Crippen molar-refractivity contribution in [1.82, 2.24) is 0 Å². The van der Waals surface area contributed by atoms with E-state index in [-0.39, 0.29) is 0 Å². The van der Waals surface area contributed by atoms with E-state index in [1.54, 1.807) is 48.5 Å². The van der Waals surface area contributed by atoms with E-state index >= 15 is 0 Å². The van der Waals surface area contributed by atoms with Gasteiger partial charge in [0.25, 0.3) is 0 Å². The molecule has 0 fully saturated rings. The fourth-order valence-electron chi connectivity index (χ4n) is 1.72. The van der Waals surface area contributed by atoms with Crippen molar-refractivity contribution in [3.8, 4) is 6.07 Å². The minimum atomic E-state index is -0.758. The second kappa shape index (κ2) is 5.44. The maximum atomic E-state index is 12.4. The number of benzene rings is 2. The molecule has 18 heavy (non-hydrogen) atoms. The van der Waals surface area contributed by atoms with E-state index in [9.17, 15) is 9.50 Å². The monoisotopic (exact) mass is 241 g/mol. The fraction of sp³-hybridized carbons (Fsp3) is 0.133. The highest BCUT2D eigenvalue weighted by atomic mass is 19.1. The molecule has 2 nitrogen and oxygen atoms in total. The summed E-state index contributed by atoms with van der Waals surface area (Å²) in [4.78, 5) is 0. The number of hydrogen-bond acceptors (Lipinski definition) is 2. The van der Waals surface area contributed by atoms with Gasteiger partial charge >= 0.3 is 0 Å². The van der Waals surface area contributed by atoms with Gasteiger partial charge in [-0.3, -0.25) is 0 Å². The molecule has 0 saturated heterocycles. The first-order valence-corrected chi connectivity index (χ1v) is 5.57. The van der Waals surface area contributed by atoms with E-state index < -0.39 is 12.8 Å². The van der Waals surface area contributed by atoms with Crippen molar-refractivity contribution in [2.75, 3.05) is 0 Å². The van der Waals surface area contributed by atoms with E-state index in [4.69, 9.17) is 5.26 Å². The van der Waals surface area contributed by atoms with Crippen molar-refractivity contribution in [3.63, 3.8) is 0 Å². The first kappa shape index (κ1) is 12.3. The Kier molecular flexibility index (Phi) is 3.71. The van der Waals surface area contributed by atoms with Gasteiger partial charge in [0.05, 0.1) is 11.6 Å². The Labute approximate surface area is 105 Å². The van der Waals surface area contributed by atoms with E-state index in [2.05, 4.69) is 0 Å². The Morgan fingerprint density at radius 3 is 1.94 bits per heavy atom. The van der Waals surface area contributed by atoms with Gasteiger partial charge in [-0.1, -0.05) is 36.4 Å². The van der Waals surface area contributed by atoms with Crippen LogP contribution in [0.4, 0.5) is 4.39 Å². The Hall–Kier alpha value is -2.18. The third-order valence-electron chi connectivity index (χ3n) is 2.81. The maximum Gasteiger partial charge on any atom is 0.115 e. The third kappa shape index (κ3) is 2.55. The summed E-state index contributed by atoms with van der Waals surface area (Å²) in [6, 6.07) is 15.5. The molecule has 0 saturated carbocycles. The Balaban J connectivity index is 2.23. The highest BCUT2D eigenvalue weighted by Gasteiger charge is 2.10. The molecule has 0 aliphatic rings. The summed E-state index contributed by atoms with van der Waals surface area (Å²) >= 11 is 0. The SMILES string of the molecule is N#Cc1ccc([C@@H](O)c2ccc(CF)cc2)cc1. The number of hydrogen-bond donors (Lipinski definition) is 1. The van der Waals surface area contributed by atoms with Crippen LogP contribution >= 0.6 is 0 Å². The normalized spacial score (nSPS) is 11.8. The summed E-state index contributed by atoms with van der Waals surface area (Å²) < 4.78 is 12.4. The van der Waals surface area contributed by atoms with Crippen LogP contribution in [0, 0.1) is 11.3 Å². The molecule has 0 aliphatic carbocycles. The van der Waals surface area contributed by atoms with E-state index in [0.29, 0.717) is 22.3 Å². The molecule has 2 rings (SSSR count). The van der Waals surface area contributed by atoms with Crippen molar-refractivity contribution in [1.29, 1.82) is 5.26 Å². The summed E-state index contributed by atoms with van der Waals surface area (Å²) in [6.45, 7) is -0.507. The summed E-state index contributed by atoms with van der Waals surface area (Å²) in [5.41, 5.74) is 2.56. The molecular formula is C15H12FNO. The molecular weight excluding hydrogens is 229 g/mol. The Morgan fingerprint density at radius 1 is 1.00 bits per heavy atom. The molecule has 0 amide bonds. The van der Waals surface area contributed by atoms with Crippen LogP contribution in [0.1, 0.15) is 28.4 Å². The van der Waals surface area contributed by atoms with Gasteiger partial charge in [-0.2, -0.15) is 5.26 Å². The third-order valence-corrected chi connectivity index (χ3v) is 2.81. The Morgan fingerprint density at radius 2 is 1.50 bits per heavy atom. The minimum absolute atomic E-state index is 0.507. The number of halogens is 1. The molecule has 1 N–H and O–H groups in total. The average molecular weight is 241 g/mol. The smallest absolute Gasteiger partial charge is 0.115 e. The predicted molar refractivity (Wildman–Crippen MR) is 66.5 cm³/mol. The zero-order chi connectivity index (χ0) is 13.0. The van der Waals surface area contributed by atoms with Crippen LogP contribution < -0.4 is 0 Å². The highest BCUT2D eigenvalue weighted by molar-refractivity contribution is 5.36. The lowest BCUT2D eigenvalue weighted by molar-refractivity contribution is 0.220. The molecule has 0 bridgehead atoms. The van der Waals surface area contributed by atoms with Crippen LogP contribution in [-0.2, 0) is 6.67 Å². The van der Waals surface area contributed by atoms with Gasteiger partial charge < -0.3 is 5.11 Å². The van der Waals surface area contributed by atoms with Gasteiger partial charge in [0.1, 0.15) is 12.8 Å². The van der Waals surface area contributed by atoms with Crippen molar-refractivity contribution in [2.24, 2.45) is 0 Å². The molecule has 0 radical (unpaired) electrons. The topological polar surface area (TPSA) is 44.0 Å². The molecule has 90 valence electrons. The first-order chi connectivity index (χ1) is 8.74. The van der Waals surface area contributed by atoms with Gasteiger partial charge in [0.2, 0.25) is 0 Å². The predicted octanol–water partition coefficient (Wildman–Crippen LogP) is 3.11. The second-order valence-electron chi connectivity index (χ2n) is 4.01. The van der Waals surface area contributed by atoms with Crippen LogP contribution in [0.3, 0.4) is 0 Å². The lowest BCUT2D eigenvalue weighted by Crippen LogP contribution is -1.99. The average Bonchev–Trinajstić information content (AvgIpc) is 2.47. The molecule has 2 aromatic carbocycles. The number of aliphatic hydroxyl groups excluding tert-OH is 1. The van der Waals surface area contributed by atoms with E-state index in [0.717, 1.165) is 0 Å². The molecule has 0 spiro atoms. The molecule has 0 aliphatic heterocycles. The van der Waals surface area contributed by atoms with Gasteiger partial charge in [0, 0.05) is 0 Å².